The monoisotopic (exact) mass is 513 g/mol. The van der Waals surface area contributed by atoms with Crippen molar-refractivity contribution in [2.45, 2.75) is 58.7 Å². The first kappa shape index (κ1) is 26.8. The molecule has 1 aromatic carbocycles. The molecule has 8 N–H and O–H groups in total. The Morgan fingerprint density at radius 2 is 1.84 bits per heavy atom. The summed E-state index contributed by atoms with van der Waals surface area (Å²) in [5.41, 5.74) is 1.32. The maximum atomic E-state index is 13.9. The Labute approximate surface area is 215 Å². The topological polar surface area (TPSA) is 182 Å². The molecule has 200 valence electrons. The summed E-state index contributed by atoms with van der Waals surface area (Å²) in [6, 6.07) is 2.35. The molecule has 4 rings (SSSR count). The number of hydrogen-bond acceptors (Lipinski definition) is 9. The Morgan fingerprint density at radius 3 is 2.41 bits per heavy atom. The number of primary amides is 1. The lowest BCUT2D eigenvalue weighted by atomic mass is 9.50. The molecule has 1 aromatic rings. The van der Waals surface area contributed by atoms with Crippen LogP contribution in [0.1, 0.15) is 50.8 Å². The standard InChI is InChI=1S/C27H35N3O7/c1-25(2,3)11-30-10-13-7-6-12-8-14-9-26(4)21(29-5)20(33)17(24(28)36)23(35)27(26,37)22(34)16(14)19(32)15(12)18(13)31/h6-7,14,21,29-32,35,37H,8-11H2,1-5H3,(H2,28,36)/t14-,21+,26-,27-/m0/s1. The normalized spacial score (nSPS) is 29.7. The van der Waals surface area contributed by atoms with Crippen LogP contribution in [0.3, 0.4) is 0 Å². The van der Waals surface area contributed by atoms with E-state index in [-0.39, 0.29) is 35.1 Å². The van der Waals surface area contributed by atoms with Crippen molar-refractivity contribution in [3.63, 3.8) is 0 Å². The number of aliphatic hydroxyl groups excluding tert-OH is 2. The van der Waals surface area contributed by atoms with Crippen molar-refractivity contribution in [2.24, 2.45) is 22.5 Å². The molecule has 10 nitrogen and oxygen atoms in total. The quantitative estimate of drug-likeness (QED) is 0.284. The highest BCUT2D eigenvalue weighted by Gasteiger charge is 2.69. The summed E-state index contributed by atoms with van der Waals surface area (Å²) in [5, 5.41) is 51.1. The Morgan fingerprint density at radius 1 is 1.19 bits per heavy atom. The highest BCUT2D eigenvalue weighted by molar-refractivity contribution is 6.25. The molecule has 0 radical (unpaired) electrons. The minimum Gasteiger partial charge on any atom is -0.508 e. The average molecular weight is 514 g/mol. The van der Waals surface area contributed by atoms with Crippen molar-refractivity contribution >= 4 is 23.2 Å². The first-order valence-corrected chi connectivity index (χ1v) is 12.3. The molecule has 0 unspecified atom stereocenters. The van der Waals surface area contributed by atoms with Gasteiger partial charge in [0.1, 0.15) is 22.8 Å². The van der Waals surface area contributed by atoms with E-state index >= 15 is 0 Å². The van der Waals surface area contributed by atoms with Crippen molar-refractivity contribution in [1.82, 2.24) is 10.6 Å². The molecule has 10 heteroatoms. The van der Waals surface area contributed by atoms with Crippen LogP contribution in [0.15, 0.2) is 29.0 Å². The van der Waals surface area contributed by atoms with Crippen LogP contribution in [0.2, 0.25) is 0 Å². The number of phenolic OH excluding ortho intramolecular Hbond substituents is 1. The maximum absolute atomic E-state index is 13.9. The van der Waals surface area contributed by atoms with Crippen molar-refractivity contribution in [2.75, 3.05) is 13.6 Å². The molecule has 0 aromatic heterocycles. The highest BCUT2D eigenvalue weighted by Crippen LogP contribution is 2.58. The number of nitrogens with one attached hydrogen (secondary N) is 2. The Hall–Kier alpha value is -3.21. The van der Waals surface area contributed by atoms with E-state index < -0.39 is 57.5 Å². The Balaban J connectivity index is 1.85. The van der Waals surface area contributed by atoms with Crippen molar-refractivity contribution < 1.29 is 34.8 Å². The number of ketones is 2. The first-order chi connectivity index (χ1) is 17.1. The van der Waals surface area contributed by atoms with Crippen LogP contribution in [-0.2, 0) is 27.3 Å². The fourth-order valence-corrected chi connectivity index (χ4v) is 6.23. The molecule has 3 aliphatic rings. The molecule has 37 heavy (non-hydrogen) atoms. The second kappa shape index (κ2) is 8.68. The summed E-state index contributed by atoms with van der Waals surface area (Å²) in [4.78, 5) is 39.0. The lowest BCUT2D eigenvalue weighted by Crippen LogP contribution is -2.71. The second-order valence-electron chi connectivity index (χ2n) is 11.8. The summed E-state index contributed by atoms with van der Waals surface area (Å²) < 4.78 is 0. The fourth-order valence-electron chi connectivity index (χ4n) is 6.23. The van der Waals surface area contributed by atoms with E-state index in [9.17, 15) is 34.8 Å². The minimum absolute atomic E-state index is 0.0175. The number of benzene rings is 1. The molecule has 0 aliphatic heterocycles. The fraction of sp³-hybridized carbons (Fsp3) is 0.519. The summed E-state index contributed by atoms with van der Waals surface area (Å²) in [6.07, 6.45) is 0.282. The third-order valence-electron chi connectivity index (χ3n) is 8.02. The van der Waals surface area contributed by atoms with Crippen LogP contribution >= 0.6 is 0 Å². The highest BCUT2D eigenvalue weighted by atomic mass is 16.3. The number of rotatable bonds is 5. The van der Waals surface area contributed by atoms with Gasteiger partial charge in [-0.25, -0.2) is 0 Å². The molecule has 0 heterocycles. The van der Waals surface area contributed by atoms with E-state index in [2.05, 4.69) is 31.4 Å². The number of nitrogens with two attached hydrogens (primary N) is 1. The summed E-state index contributed by atoms with van der Waals surface area (Å²) >= 11 is 0. The molecule has 1 amide bonds. The van der Waals surface area contributed by atoms with Gasteiger partial charge >= 0.3 is 0 Å². The molecule has 3 aliphatic carbocycles. The first-order valence-electron chi connectivity index (χ1n) is 12.3. The van der Waals surface area contributed by atoms with Crippen molar-refractivity contribution in [3.8, 4) is 5.75 Å². The van der Waals surface area contributed by atoms with Crippen LogP contribution in [0, 0.1) is 16.7 Å². The third kappa shape index (κ3) is 3.77. The molecular formula is C27H35N3O7. The van der Waals surface area contributed by atoms with Crippen LogP contribution < -0.4 is 16.4 Å². The number of aromatic hydroxyl groups is 1. The zero-order valence-corrected chi connectivity index (χ0v) is 21.7. The number of fused-ring (bicyclic) bond motifs is 3. The van der Waals surface area contributed by atoms with Crippen molar-refractivity contribution in [3.05, 3.63) is 45.7 Å². The molecule has 4 atom stereocenters. The number of hydrogen-bond donors (Lipinski definition) is 7. The predicted molar refractivity (Wildman–Crippen MR) is 135 cm³/mol. The summed E-state index contributed by atoms with van der Waals surface area (Å²) in [5.74, 6) is -5.52. The van der Waals surface area contributed by atoms with Crippen molar-refractivity contribution in [1.29, 1.82) is 0 Å². The number of amides is 1. The number of aliphatic hydroxyl groups is 3. The lowest BCUT2D eigenvalue weighted by molar-refractivity contribution is -0.165. The molecule has 0 spiro atoms. The van der Waals surface area contributed by atoms with E-state index in [1.807, 2.05) is 0 Å². The van der Waals surface area contributed by atoms with Gasteiger partial charge in [-0.2, -0.15) is 0 Å². The van der Waals surface area contributed by atoms with Crippen LogP contribution in [-0.4, -0.2) is 63.1 Å². The number of carbonyl (C=O) groups is 3. The van der Waals surface area contributed by atoms with Crippen LogP contribution in [0.25, 0.3) is 5.76 Å². The van der Waals surface area contributed by atoms with E-state index in [0.29, 0.717) is 24.2 Å². The van der Waals surface area contributed by atoms with Gasteiger partial charge in [0.25, 0.3) is 5.91 Å². The summed E-state index contributed by atoms with van der Waals surface area (Å²) in [6.45, 7) is 8.71. The zero-order valence-electron chi connectivity index (χ0n) is 21.7. The van der Waals surface area contributed by atoms with Gasteiger partial charge in [-0.3, -0.25) is 14.4 Å². The van der Waals surface area contributed by atoms with Gasteiger partial charge in [-0.15, -0.1) is 0 Å². The number of carbonyl (C=O) groups excluding carboxylic acids is 3. The number of Topliss-reactive ketones (excluding diaryl/α,β-unsaturated/α-hetero) is 2. The largest absolute Gasteiger partial charge is 0.508 e. The minimum atomic E-state index is -2.70. The van der Waals surface area contributed by atoms with E-state index in [1.54, 1.807) is 12.1 Å². The second-order valence-corrected chi connectivity index (χ2v) is 11.8. The molecule has 0 saturated heterocycles. The van der Waals surface area contributed by atoms with Gasteiger partial charge in [0, 0.05) is 29.6 Å². The van der Waals surface area contributed by atoms with E-state index in [0.717, 1.165) is 0 Å². The molecular weight excluding hydrogens is 478 g/mol. The molecule has 1 saturated carbocycles. The smallest absolute Gasteiger partial charge is 0.255 e. The Kier molecular flexibility index (Phi) is 6.30. The van der Waals surface area contributed by atoms with Gasteiger partial charge in [-0.05, 0) is 36.8 Å². The predicted octanol–water partition coefficient (Wildman–Crippen LogP) is 1.15. The summed E-state index contributed by atoms with van der Waals surface area (Å²) in [7, 11) is 1.45. The Bertz CT molecular complexity index is 1280. The zero-order chi connectivity index (χ0) is 27.7. The van der Waals surface area contributed by atoms with Gasteiger partial charge < -0.3 is 36.8 Å². The lowest BCUT2D eigenvalue weighted by Gasteiger charge is -2.55. The van der Waals surface area contributed by atoms with Gasteiger partial charge in [-0.1, -0.05) is 39.8 Å². The maximum Gasteiger partial charge on any atom is 0.255 e. The number of phenols is 1. The molecule has 1 fully saturated rings. The average Bonchev–Trinajstić information content (AvgIpc) is 2.77. The number of likely N-dealkylation sites (N-methyl/N-ethyl adjacent to an activating group) is 1. The molecule has 0 bridgehead atoms. The third-order valence-corrected chi connectivity index (χ3v) is 8.02. The van der Waals surface area contributed by atoms with Gasteiger partial charge in [0.05, 0.1) is 11.6 Å². The van der Waals surface area contributed by atoms with E-state index in [4.69, 9.17) is 5.73 Å². The van der Waals surface area contributed by atoms with Gasteiger partial charge in [0.15, 0.2) is 11.4 Å². The SMILES string of the molecule is CN[C@@H]1C(=O)C(C(N)=O)=C(O)[C@@]2(O)C(=O)C3=C(O)c4c(ccc(CNCC(C)(C)C)c4O)C[C@H]3C[C@@]12C. The van der Waals surface area contributed by atoms with E-state index in [1.165, 1.54) is 14.0 Å². The van der Waals surface area contributed by atoms with Crippen LogP contribution in [0.5, 0.6) is 5.75 Å². The van der Waals surface area contributed by atoms with Gasteiger partial charge in [0.2, 0.25) is 5.78 Å². The van der Waals surface area contributed by atoms with Crippen LogP contribution in [0.4, 0.5) is 0 Å².